The largest absolute Gasteiger partial charge is 0.494 e. The first-order valence-electron chi connectivity index (χ1n) is 6.80. The summed E-state index contributed by atoms with van der Waals surface area (Å²) in [6, 6.07) is 7.85. The molecule has 0 bridgehead atoms. The maximum Gasteiger partial charge on any atom is 0.243 e. The van der Waals surface area contributed by atoms with Crippen molar-refractivity contribution in [1.29, 1.82) is 0 Å². The van der Waals surface area contributed by atoms with Crippen LogP contribution in [0, 0.1) is 0 Å². The molecule has 2 rings (SSSR count). The van der Waals surface area contributed by atoms with E-state index in [4.69, 9.17) is 39.5 Å². The van der Waals surface area contributed by atoms with E-state index in [0.717, 1.165) is 30.8 Å². The van der Waals surface area contributed by atoms with Crippen LogP contribution in [-0.4, -0.2) is 16.8 Å². The number of ether oxygens (including phenoxy) is 1. The molecule has 0 aliphatic heterocycles. The Morgan fingerprint density at radius 1 is 1.14 bits per heavy atom. The van der Waals surface area contributed by atoms with Crippen LogP contribution in [0.3, 0.4) is 0 Å². The third-order valence-corrected chi connectivity index (χ3v) is 4.63. The van der Waals surface area contributed by atoms with Crippen LogP contribution in [0.25, 0.3) is 12.2 Å². The van der Waals surface area contributed by atoms with Gasteiger partial charge in [0.1, 0.15) is 10.8 Å². The van der Waals surface area contributed by atoms with Gasteiger partial charge in [0.25, 0.3) is 0 Å². The predicted octanol–water partition coefficient (Wildman–Crippen LogP) is 5.71. The molecule has 0 saturated carbocycles. The van der Waals surface area contributed by atoms with Crippen molar-refractivity contribution >= 4 is 58.3 Å². The molecule has 0 unspecified atom stereocenters. The Morgan fingerprint density at radius 3 is 2.45 bits per heavy atom. The molecule has 118 valence electrons. The molecule has 0 aliphatic carbocycles. The summed E-state index contributed by atoms with van der Waals surface area (Å²) < 4.78 is 4.09. The van der Waals surface area contributed by atoms with Crippen molar-refractivity contribution in [1.82, 2.24) is 10.2 Å². The molecule has 1 aromatic heterocycles. The summed E-state index contributed by atoms with van der Waals surface area (Å²) in [5.41, 5.74) is 1.04. The highest BCUT2D eigenvalue weighted by molar-refractivity contribution is 7.13. The molecule has 0 radical (unpaired) electrons. The van der Waals surface area contributed by atoms with Gasteiger partial charge in [0.05, 0.1) is 6.61 Å². The number of hydrogen-bond acceptors (Lipinski definition) is 4. The van der Waals surface area contributed by atoms with E-state index < -0.39 is 3.79 Å². The third-order valence-electron chi connectivity index (χ3n) is 2.75. The van der Waals surface area contributed by atoms with Crippen molar-refractivity contribution in [3.63, 3.8) is 0 Å². The molecule has 2 aromatic rings. The quantitative estimate of drug-likeness (QED) is 0.477. The lowest BCUT2D eigenvalue weighted by atomic mass is 10.2. The SMILES string of the molecule is CCCCOc1ccc(C=Cc2nnc(C(Cl)(Cl)Cl)s2)cc1. The minimum Gasteiger partial charge on any atom is -0.494 e. The lowest BCUT2D eigenvalue weighted by Crippen LogP contribution is -1.98. The van der Waals surface area contributed by atoms with E-state index in [2.05, 4.69) is 17.1 Å². The zero-order valence-electron chi connectivity index (χ0n) is 11.9. The predicted molar refractivity (Wildman–Crippen MR) is 94.9 cm³/mol. The zero-order chi connectivity index (χ0) is 16.0. The molecule has 3 nitrogen and oxygen atoms in total. The lowest BCUT2D eigenvalue weighted by Gasteiger charge is -2.04. The number of aromatic nitrogens is 2. The first-order chi connectivity index (χ1) is 10.5. The van der Waals surface area contributed by atoms with Crippen molar-refractivity contribution in [3.05, 3.63) is 39.8 Å². The Hall–Kier alpha value is -0.810. The number of nitrogens with zero attached hydrogens (tertiary/aromatic N) is 2. The minimum absolute atomic E-state index is 0.358. The van der Waals surface area contributed by atoms with Gasteiger partial charge in [-0.05, 0) is 30.2 Å². The Labute approximate surface area is 148 Å². The lowest BCUT2D eigenvalue weighted by molar-refractivity contribution is 0.309. The van der Waals surface area contributed by atoms with Crippen LogP contribution in [0.1, 0.15) is 35.3 Å². The fraction of sp³-hybridized carbons (Fsp3) is 0.333. The summed E-state index contributed by atoms with van der Waals surface area (Å²) in [6.07, 6.45) is 5.95. The van der Waals surface area contributed by atoms with E-state index >= 15 is 0 Å². The monoisotopic (exact) mass is 376 g/mol. The van der Waals surface area contributed by atoms with Crippen LogP contribution in [0.5, 0.6) is 5.75 Å². The van der Waals surface area contributed by atoms with E-state index in [0.29, 0.717) is 10.0 Å². The minimum atomic E-state index is -1.53. The molecular weight excluding hydrogens is 363 g/mol. The fourth-order valence-corrected chi connectivity index (χ4v) is 2.67. The van der Waals surface area contributed by atoms with E-state index in [9.17, 15) is 0 Å². The van der Waals surface area contributed by atoms with Gasteiger partial charge in [-0.15, -0.1) is 10.2 Å². The number of hydrogen-bond donors (Lipinski definition) is 0. The Bertz CT molecular complexity index is 620. The summed E-state index contributed by atoms with van der Waals surface area (Å²) in [6.45, 7) is 2.88. The summed E-state index contributed by atoms with van der Waals surface area (Å²) >= 11 is 18.5. The van der Waals surface area contributed by atoms with Crippen LogP contribution < -0.4 is 4.74 Å². The van der Waals surface area contributed by atoms with Gasteiger partial charge in [-0.25, -0.2) is 0 Å². The summed E-state index contributed by atoms with van der Waals surface area (Å²) in [5.74, 6) is 0.875. The summed E-state index contributed by atoms with van der Waals surface area (Å²) in [5, 5.41) is 8.87. The molecule has 0 atom stereocenters. The van der Waals surface area contributed by atoms with Crippen molar-refractivity contribution in [2.45, 2.75) is 23.6 Å². The fourth-order valence-electron chi connectivity index (χ4n) is 1.59. The number of benzene rings is 1. The first kappa shape index (κ1) is 17.5. The van der Waals surface area contributed by atoms with Crippen LogP contribution in [0.15, 0.2) is 24.3 Å². The van der Waals surface area contributed by atoms with Gasteiger partial charge < -0.3 is 4.74 Å². The second-order valence-electron chi connectivity index (χ2n) is 4.55. The van der Waals surface area contributed by atoms with Crippen LogP contribution in [0.4, 0.5) is 0 Å². The molecule has 0 spiro atoms. The number of alkyl halides is 3. The molecule has 0 fully saturated rings. The molecule has 0 amide bonds. The molecule has 0 N–H and O–H groups in total. The Balaban J connectivity index is 1.97. The molecular formula is C15H15Cl3N2OS. The topological polar surface area (TPSA) is 35.0 Å². The second-order valence-corrected chi connectivity index (χ2v) is 7.84. The third kappa shape index (κ3) is 5.43. The van der Waals surface area contributed by atoms with E-state index in [1.165, 1.54) is 11.3 Å². The van der Waals surface area contributed by atoms with E-state index in [1.54, 1.807) is 0 Å². The average molecular weight is 378 g/mol. The van der Waals surface area contributed by atoms with E-state index in [-0.39, 0.29) is 0 Å². The normalized spacial score (nSPS) is 12.0. The highest BCUT2D eigenvalue weighted by atomic mass is 35.6. The zero-order valence-corrected chi connectivity index (χ0v) is 15.0. The van der Waals surface area contributed by atoms with Gasteiger partial charge in [-0.2, -0.15) is 0 Å². The van der Waals surface area contributed by atoms with Crippen molar-refractivity contribution in [3.8, 4) is 5.75 Å². The van der Waals surface area contributed by atoms with Crippen LogP contribution in [-0.2, 0) is 3.79 Å². The van der Waals surface area contributed by atoms with Gasteiger partial charge in [0.2, 0.25) is 3.79 Å². The number of halogens is 3. The summed E-state index contributed by atoms with van der Waals surface area (Å²) in [7, 11) is 0. The molecule has 7 heteroatoms. The number of rotatable bonds is 6. The maximum atomic E-state index is 5.76. The molecule has 1 heterocycles. The van der Waals surface area contributed by atoms with Crippen molar-refractivity contribution in [2.75, 3.05) is 6.61 Å². The van der Waals surface area contributed by atoms with Crippen molar-refractivity contribution < 1.29 is 4.74 Å². The maximum absolute atomic E-state index is 5.76. The molecule has 0 aliphatic rings. The molecule has 0 saturated heterocycles. The van der Waals surface area contributed by atoms with Crippen molar-refractivity contribution in [2.24, 2.45) is 0 Å². The Kier molecular flexibility index (Phi) is 6.50. The number of unbranched alkanes of at least 4 members (excludes halogenated alkanes) is 1. The summed E-state index contributed by atoms with van der Waals surface area (Å²) in [4.78, 5) is 0. The highest BCUT2D eigenvalue weighted by Gasteiger charge is 2.27. The van der Waals surface area contributed by atoms with Gasteiger partial charge in [0.15, 0.2) is 5.01 Å². The highest BCUT2D eigenvalue weighted by Crippen LogP contribution is 2.39. The van der Waals surface area contributed by atoms with Gasteiger partial charge in [0, 0.05) is 0 Å². The molecule has 1 aromatic carbocycles. The van der Waals surface area contributed by atoms with Gasteiger partial charge >= 0.3 is 0 Å². The van der Waals surface area contributed by atoms with Gasteiger partial charge in [-0.3, -0.25) is 0 Å². The van der Waals surface area contributed by atoms with Crippen LogP contribution >= 0.6 is 46.1 Å². The smallest absolute Gasteiger partial charge is 0.243 e. The average Bonchev–Trinajstić information content (AvgIpc) is 2.96. The van der Waals surface area contributed by atoms with Crippen LogP contribution in [0.2, 0.25) is 0 Å². The second kappa shape index (κ2) is 8.16. The standard InChI is InChI=1S/C15H15Cl3N2OS/c1-2-3-10-21-12-7-4-11(5-8-12)6-9-13-19-20-14(22-13)15(16,17)18/h4-9H,2-3,10H2,1H3. The molecule has 22 heavy (non-hydrogen) atoms. The first-order valence-corrected chi connectivity index (χ1v) is 8.75. The van der Waals surface area contributed by atoms with E-state index in [1.807, 2.05) is 36.4 Å². The Morgan fingerprint density at radius 2 is 1.86 bits per heavy atom. The van der Waals surface area contributed by atoms with Gasteiger partial charge in [-0.1, -0.05) is 77.7 Å².